The fraction of sp³-hybridized carbons (Fsp3) is 0. The Hall–Kier alpha value is 1.12. The molecule has 0 aliphatic rings. The van der Waals surface area contributed by atoms with Gasteiger partial charge in [0.15, 0.2) is 0 Å². The monoisotopic (exact) mass is 206 g/mol. The molecule has 0 heterocycles. The third kappa shape index (κ3) is 39.6. The largest absolute Gasteiger partial charge is 0.412 e. The smallest absolute Gasteiger partial charge is 0.0832 e. The Morgan fingerprint density at radius 1 is 1.20 bits per heavy atom. The molecular formula is H2Cl2O2Ru. The average Bonchev–Trinajstić information content (AvgIpc) is 0.918. The van der Waals surface area contributed by atoms with E-state index < -0.39 is 0 Å². The molecule has 0 rings (SSSR count). The van der Waals surface area contributed by atoms with Crippen molar-refractivity contribution in [1.82, 2.24) is 0 Å². The summed E-state index contributed by atoms with van der Waals surface area (Å²) < 4.78 is 3.19. The number of hydrogen-bond acceptors (Lipinski definition) is 1. The van der Waals surface area contributed by atoms with Crippen LogP contribution in [0.15, 0.2) is 0 Å². The van der Waals surface area contributed by atoms with Crippen molar-refractivity contribution in [3.63, 3.8) is 0 Å². The van der Waals surface area contributed by atoms with E-state index in [1.165, 1.54) is 0 Å². The topological polar surface area (TPSA) is 40.7 Å². The van der Waals surface area contributed by atoms with E-state index in [1.807, 2.05) is 0 Å². The first-order valence-corrected chi connectivity index (χ1v) is 0.926. The van der Waals surface area contributed by atoms with Crippen molar-refractivity contribution in [3.8, 4) is 0 Å². The third-order valence-electron chi connectivity index (χ3n) is 0. The van der Waals surface area contributed by atoms with Gasteiger partial charge < -0.3 is 5.48 Å². The predicted octanol–water partition coefficient (Wildman–Crippen LogP) is 0.483. The van der Waals surface area contributed by atoms with Crippen LogP contribution in [0, 0.1) is 0 Å². The van der Waals surface area contributed by atoms with Crippen LogP contribution in [0.25, 0.3) is 0 Å². The van der Waals surface area contributed by atoms with Crippen LogP contribution in [-0.2, 0) is 23.3 Å². The van der Waals surface area contributed by atoms with E-state index in [4.69, 9.17) is 0 Å². The summed E-state index contributed by atoms with van der Waals surface area (Å²) in [5.41, 5.74) is 0. The summed E-state index contributed by atoms with van der Waals surface area (Å²) >= 11 is 8.53. The van der Waals surface area contributed by atoms with Gasteiger partial charge in [0.1, 0.15) is 0 Å². The summed E-state index contributed by atoms with van der Waals surface area (Å²) in [5, 5.41) is 0. The standard InChI is InChI=1S/Cl2O.H2O.Ru/c1-3-2;;/h;1H2;. The van der Waals surface area contributed by atoms with Crippen molar-refractivity contribution < 1.29 is 28.8 Å². The normalized spacial score (nSPS) is 3.60. The molecule has 0 unspecified atom stereocenters. The molecule has 0 aliphatic heterocycles. The van der Waals surface area contributed by atoms with Crippen LogP contribution in [0.1, 0.15) is 0 Å². The zero-order valence-electron chi connectivity index (χ0n) is 2.02. The predicted molar refractivity (Wildman–Crippen MR) is 16.4 cm³/mol. The fourth-order valence-electron chi connectivity index (χ4n) is 0. The van der Waals surface area contributed by atoms with Crippen molar-refractivity contribution in [2.75, 3.05) is 0 Å². The van der Waals surface area contributed by atoms with E-state index in [-0.39, 0.29) is 25.0 Å². The maximum atomic E-state index is 4.26. The first-order valence-electron chi connectivity index (χ1n) is 0.309. The van der Waals surface area contributed by atoms with Gasteiger partial charge in [0.2, 0.25) is 0 Å². The first-order chi connectivity index (χ1) is 1.41. The van der Waals surface area contributed by atoms with Gasteiger partial charge in [-0.1, -0.05) is 0 Å². The van der Waals surface area contributed by atoms with Gasteiger partial charge in [-0.15, -0.1) is 0 Å². The Kier molecular flexibility index (Phi) is 63.7. The molecule has 0 fully saturated rings. The quantitative estimate of drug-likeness (QED) is 0.531. The van der Waals surface area contributed by atoms with Gasteiger partial charge in [-0.05, 0) is 0 Å². The summed E-state index contributed by atoms with van der Waals surface area (Å²) in [6, 6.07) is 0. The van der Waals surface area contributed by atoms with Crippen LogP contribution in [0.3, 0.4) is 0 Å². The van der Waals surface area contributed by atoms with E-state index in [0.717, 1.165) is 0 Å². The molecule has 0 saturated heterocycles. The SMILES string of the molecule is ClOCl.O.[Ru]. The first kappa shape index (κ1) is 16.5. The molecule has 0 spiro atoms. The van der Waals surface area contributed by atoms with Crippen LogP contribution < -0.4 is 0 Å². The van der Waals surface area contributed by atoms with Crippen LogP contribution in [0.5, 0.6) is 0 Å². The van der Waals surface area contributed by atoms with Gasteiger partial charge >= 0.3 is 0 Å². The van der Waals surface area contributed by atoms with Gasteiger partial charge in [0.25, 0.3) is 0 Å². The zero-order valence-corrected chi connectivity index (χ0v) is 5.27. The molecule has 0 radical (unpaired) electrons. The molecule has 0 aromatic rings. The Morgan fingerprint density at radius 3 is 1.20 bits per heavy atom. The summed E-state index contributed by atoms with van der Waals surface area (Å²) in [6.45, 7) is 0. The number of halogens is 2. The van der Waals surface area contributed by atoms with Crippen molar-refractivity contribution >= 4 is 23.7 Å². The molecule has 0 aromatic carbocycles. The second-order valence-corrected chi connectivity index (χ2v) is 0.525. The Bertz CT molecular complexity index is 7.61. The minimum absolute atomic E-state index is 0. The molecule has 0 aliphatic carbocycles. The van der Waals surface area contributed by atoms with Crippen LogP contribution in [0.2, 0.25) is 0 Å². The minimum atomic E-state index is 0. The molecule has 2 nitrogen and oxygen atoms in total. The molecule has 0 atom stereocenters. The zero-order chi connectivity index (χ0) is 2.71. The number of hydrogen-bond donors (Lipinski definition) is 0. The average molecular weight is 206 g/mol. The van der Waals surface area contributed by atoms with Crippen molar-refractivity contribution in [1.29, 1.82) is 0 Å². The molecule has 0 bridgehead atoms. The van der Waals surface area contributed by atoms with E-state index in [1.54, 1.807) is 0 Å². The molecule has 5 heavy (non-hydrogen) atoms. The second-order valence-electron chi connectivity index (χ2n) is 0.0583. The van der Waals surface area contributed by atoms with Gasteiger partial charge in [0.05, 0.1) is 23.7 Å². The van der Waals surface area contributed by atoms with Crippen LogP contribution in [0.4, 0.5) is 0 Å². The van der Waals surface area contributed by atoms with E-state index in [0.29, 0.717) is 0 Å². The summed E-state index contributed by atoms with van der Waals surface area (Å²) in [5.74, 6) is 0. The van der Waals surface area contributed by atoms with Gasteiger partial charge in [0, 0.05) is 19.5 Å². The number of rotatable bonds is 0. The van der Waals surface area contributed by atoms with Crippen LogP contribution in [-0.4, -0.2) is 5.48 Å². The molecule has 36 valence electrons. The summed E-state index contributed by atoms with van der Waals surface area (Å²) in [6.07, 6.45) is 0. The van der Waals surface area contributed by atoms with Gasteiger partial charge in [-0.25, -0.2) is 0 Å². The molecule has 0 aromatic heterocycles. The third-order valence-corrected chi connectivity index (χ3v) is 0. The molecule has 2 N–H and O–H groups in total. The molecular weight excluding hydrogens is 204 g/mol. The maximum Gasteiger partial charge on any atom is 0.0832 e. The van der Waals surface area contributed by atoms with Gasteiger partial charge in [-0.2, -0.15) is 3.84 Å². The molecule has 5 heteroatoms. The maximum absolute atomic E-state index is 4.26. The Labute approximate surface area is 52.8 Å². The van der Waals surface area contributed by atoms with Crippen molar-refractivity contribution in [2.24, 2.45) is 0 Å². The van der Waals surface area contributed by atoms with Crippen LogP contribution >= 0.6 is 23.7 Å². The van der Waals surface area contributed by atoms with Crippen molar-refractivity contribution in [2.45, 2.75) is 0 Å². The van der Waals surface area contributed by atoms with E-state index in [9.17, 15) is 0 Å². The minimum Gasteiger partial charge on any atom is -0.412 e. The summed E-state index contributed by atoms with van der Waals surface area (Å²) in [7, 11) is 0. The molecule has 0 amide bonds. The Balaban J connectivity index is -0.0000000200. The Morgan fingerprint density at radius 2 is 1.20 bits per heavy atom. The van der Waals surface area contributed by atoms with E-state index in [2.05, 4.69) is 27.6 Å². The fourth-order valence-corrected chi connectivity index (χ4v) is 0. The second kappa shape index (κ2) is 19.3. The summed E-state index contributed by atoms with van der Waals surface area (Å²) in [4.78, 5) is 0. The van der Waals surface area contributed by atoms with Gasteiger partial charge in [-0.3, -0.25) is 0 Å². The van der Waals surface area contributed by atoms with Crippen molar-refractivity contribution in [3.05, 3.63) is 0 Å². The molecule has 0 saturated carbocycles. The van der Waals surface area contributed by atoms with E-state index >= 15 is 0 Å².